The maximum absolute atomic E-state index is 12.7. The van der Waals surface area contributed by atoms with E-state index in [1.807, 2.05) is 11.0 Å². The minimum atomic E-state index is -4.39. The second-order valence-electron chi connectivity index (χ2n) is 5.10. The highest BCUT2D eigenvalue weighted by atomic mass is 19.4. The summed E-state index contributed by atoms with van der Waals surface area (Å²) in [7, 11) is 0. The molecule has 1 aromatic carbocycles. The van der Waals surface area contributed by atoms with Crippen molar-refractivity contribution in [2.45, 2.75) is 19.0 Å². The van der Waals surface area contributed by atoms with Crippen molar-refractivity contribution in [2.24, 2.45) is 0 Å². The van der Waals surface area contributed by atoms with Gasteiger partial charge >= 0.3 is 6.18 Å². The van der Waals surface area contributed by atoms with E-state index in [4.69, 9.17) is 0 Å². The van der Waals surface area contributed by atoms with Crippen molar-refractivity contribution in [2.75, 3.05) is 18.0 Å². The lowest BCUT2D eigenvalue weighted by atomic mass is 10.1. The molecule has 0 aliphatic carbocycles. The quantitative estimate of drug-likeness (QED) is 0.808. The molecule has 0 unspecified atom stereocenters. The maximum atomic E-state index is 12.7. The van der Waals surface area contributed by atoms with Gasteiger partial charge in [-0.3, -0.25) is 9.78 Å². The van der Waals surface area contributed by atoms with E-state index < -0.39 is 11.7 Å². The van der Waals surface area contributed by atoms with Crippen LogP contribution in [0.15, 0.2) is 30.5 Å². The zero-order valence-electron chi connectivity index (χ0n) is 11.2. The highest BCUT2D eigenvalue weighted by Gasteiger charge is 2.31. The van der Waals surface area contributed by atoms with Crippen molar-refractivity contribution in [1.29, 1.82) is 0 Å². The predicted octanol–water partition coefficient (Wildman–Crippen LogP) is 3.42. The molecule has 110 valence electrons. The van der Waals surface area contributed by atoms with Crippen molar-refractivity contribution in [3.63, 3.8) is 0 Å². The van der Waals surface area contributed by atoms with Crippen LogP contribution in [0.1, 0.15) is 18.4 Å². The third kappa shape index (κ3) is 2.70. The standard InChI is InChI=1S/C15H13F3N2O/c16-15(17,18)11-8-10-2-1-3-13(14(10)19-9-11)20-6-4-12(21)5-7-20/h1-3,8-9H,4-7H2. The van der Waals surface area contributed by atoms with E-state index in [9.17, 15) is 18.0 Å². The number of Topliss-reactive ketones (excluding diaryl/α,β-unsaturated/α-hetero) is 1. The number of hydrogen-bond donors (Lipinski definition) is 0. The second kappa shape index (κ2) is 5.02. The molecular weight excluding hydrogens is 281 g/mol. The van der Waals surface area contributed by atoms with Gasteiger partial charge in [0.15, 0.2) is 0 Å². The van der Waals surface area contributed by atoms with Gasteiger partial charge in [-0.2, -0.15) is 13.2 Å². The Morgan fingerprint density at radius 1 is 1.14 bits per heavy atom. The van der Waals surface area contributed by atoms with Crippen LogP contribution in [-0.4, -0.2) is 23.9 Å². The average molecular weight is 294 g/mol. The summed E-state index contributed by atoms with van der Waals surface area (Å²) >= 11 is 0. The van der Waals surface area contributed by atoms with Crippen molar-refractivity contribution in [1.82, 2.24) is 4.98 Å². The monoisotopic (exact) mass is 294 g/mol. The fourth-order valence-electron chi connectivity index (χ4n) is 2.55. The molecule has 1 saturated heterocycles. The van der Waals surface area contributed by atoms with Crippen LogP contribution in [0.2, 0.25) is 0 Å². The number of pyridine rings is 1. The van der Waals surface area contributed by atoms with E-state index in [-0.39, 0.29) is 5.78 Å². The van der Waals surface area contributed by atoms with Gasteiger partial charge in [-0.05, 0) is 12.1 Å². The van der Waals surface area contributed by atoms with Crippen molar-refractivity contribution >= 4 is 22.4 Å². The molecule has 3 rings (SSSR count). The molecule has 0 N–H and O–H groups in total. The van der Waals surface area contributed by atoms with Crippen LogP contribution in [0.3, 0.4) is 0 Å². The smallest absolute Gasteiger partial charge is 0.369 e. The van der Waals surface area contributed by atoms with Gasteiger partial charge in [-0.25, -0.2) is 0 Å². The molecule has 21 heavy (non-hydrogen) atoms. The number of carbonyl (C=O) groups is 1. The molecule has 1 aliphatic rings. The van der Waals surface area contributed by atoms with Crippen molar-refractivity contribution in [3.8, 4) is 0 Å². The highest BCUT2D eigenvalue weighted by Crippen LogP contribution is 2.33. The molecule has 0 atom stereocenters. The van der Waals surface area contributed by atoms with Gasteiger partial charge in [-0.1, -0.05) is 12.1 Å². The van der Waals surface area contributed by atoms with Crippen LogP contribution >= 0.6 is 0 Å². The van der Waals surface area contributed by atoms with Crippen molar-refractivity contribution < 1.29 is 18.0 Å². The number of aromatic nitrogens is 1. The van der Waals surface area contributed by atoms with Crippen LogP contribution in [0, 0.1) is 0 Å². The fourth-order valence-corrected chi connectivity index (χ4v) is 2.55. The molecule has 1 aliphatic heterocycles. The van der Waals surface area contributed by atoms with Crippen LogP contribution < -0.4 is 4.90 Å². The number of para-hydroxylation sites is 1. The first-order valence-electron chi connectivity index (χ1n) is 6.68. The molecule has 2 heterocycles. The van der Waals surface area contributed by atoms with Crippen LogP contribution in [0.25, 0.3) is 10.9 Å². The summed E-state index contributed by atoms with van der Waals surface area (Å²) < 4.78 is 38.2. The van der Waals surface area contributed by atoms with E-state index in [1.54, 1.807) is 12.1 Å². The zero-order valence-corrected chi connectivity index (χ0v) is 11.2. The molecule has 0 radical (unpaired) electrons. The van der Waals surface area contributed by atoms with Gasteiger partial charge in [0.25, 0.3) is 0 Å². The Balaban J connectivity index is 2.02. The van der Waals surface area contributed by atoms with Gasteiger partial charge in [-0.15, -0.1) is 0 Å². The molecule has 0 amide bonds. The third-order valence-corrected chi connectivity index (χ3v) is 3.68. The zero-order chi connectivity index (χ0) is 15.0. The molecule has 0 spiro atoms. The average Bonchev–Trinajstić information content (AvgIpc) is 2.46. The molecular formula is C15H13F3N2O. The Morgan fingerprint density at radius 3 is 2.52 bits per heavy atom. The number of benzene rings is 1. The summed E-state index contributed by atoms with van der Waals surface area (Å²) in [4.78, 5) is 17.3. The van der Waals surface area contributed by atoms with Gasteiger partial charge in [0.1, 0.15) is 5.78 Å². The van der Waals surface area contributed by atoms with E-state index >= 15 is 0 Å². The summed E-state index contributed by atoms with van der Waals surface area (Å²) in [5.41, 5.74) is 0.578. The fraction of sp³-hybridized carbons (Fsp3) is 0.333. The lowest BCUT2D eigenvalue weighted by Crippen LogP contribution is -2.33. The van der Waals surface area contributed by atoms with Gasteiger partial charge in [0.2, 0.25) is 0 Å². The van der Waals surface area contributed by atoms with E-state index in [2.05, 4.69) is 4.98 Å². The molecule has 6 heteroatoms. The number of ketones is 1. The lowest BCUT2D eigenvalue weighted by Gasteiger charge is -2.28. The van der Waals surface area contributed by atoms with Crippen LogP contribution in [0.4, 0.5) is 18.9 Å². The number of nitrogens with zero attached hydrogens (tertiary/aromatic N) is 2. The Hall–Kier alpha value is -2.11. The number of rotatable bonds is 1. The first kappa shape index (κ1) is 13.9. The number of alkyl halides is 3. The summed E-state index contributed by atoms with van der Waals surface area (Å²) in [6, 6.07) is 6.28. The molecule has 1 fully saturated rings. The summed E-state index contributed by atoms with van der Waals surface area (Å²) in [6.07, 6.45) is -2.59. The van der Waals surface area contributed by atoms with Gasteiger partial charge < -0.3 is 4.90 Å². The van der Waals surface area contributed by atoms with E-state index in [0.717, 1.165) is 18.0 Å². The summed E-state index contributed by atoms with van der Waals surface area (Å²) in [5, 5.41) is 0.458. The Bertz CT molecular complexity index is 687. The van der Waals surface area contributed by atoms with Crippen LogP contribution in [-0.2, 0) is 11.0 Å². The van der Waals surface area contributed by atoms with Gasteiger partial charge in [0.05, 0.1) is 16.8 Å². The molecule has 0 bridgehead atoms. The Morgan fingerprint density at radius 2 is 1.86 bits per heavy atom. The summed E-state index contributed by atoms with van der Waals surface area (Å²) in [6.45, 7) is 1.17. The first-order chi connectivity index (χ1) is 9.95. The van der Waals surface area contributed by atoms with Crippen LogP contribution in [0.5, 0.6) is 0 Å². The second-order valence-corrected chi connectivity index (χ2v) is 5.10. The van der Waals surface area contributed by atoms with E-state index in [1.165, 1.54) is 0 Å². The number of anilines is 1. The molecule has 2 aromatic rings. The highest BCUT2D eigenvalue weighted by molar-refractivity contribution is 5.92. The SMILES string of the molecule is O=C1CCN(c2cccc3cc(C(F)(F)F)cnc23)CC1. The van der Waals surface area contributed by atoms with Gasteiger partial charge in [0, 0.05) is 37.5 Å². The van der Waals surface area contributed by atoms with Crippen molar-refractivity contribution in [3.05, 3.63) is 36.0 Å². The number of fused-ring (bicyclic) bond motifs is 1. The maximum Gasteiger partial charge on any atom is 0.417 e. The summed E-state index contributed by atoms with van der Waals surface area (Å²) in [5.74, 6) is 0.221. The third-order valence-electron chi connectivity index (χ3n) is 3.68. The normalized spacial score (nSPS) is 16.5. The molecule has 1 aromatic heterocycles. The largest absolute Gasteiger partial charge is 0.417 e. The first-order valence-corrected chi connectivity index (χ1v) is 6.68. The number of hydrogen-bond acceptors (Lipinski definition) is 3. The number of carbonyl (C=O) groups excluding carboxylic acids is 1. The Kier molecular flexibility index (Phi) is 3.31. The number of halogens is 3. The lowest BCUT2D eigenvalue weighted by molar-refractivity contribution is -0.137. The molecule has 0 saturated carbocycles. The number of piperidine rings is 1. The van der Waals surface area contributed by atoms with E-state index in [0.29, 0.717) is 36.8 Å². The molecule has 3 nitrogen and oxygen atoms in total. The Labute approximate surface area is 119 Å². The topological polar surface area (TPSA) is 33.2 Å². The minimum absolute atomic E-state index is 0.221. The minimum Gasteiger partial charge on any atom is -0.369 e. The predicted molar refractivity (Wildman–Crippen MR) is 73.2 cm³/mol.